The SMILES string of the molecule is COC(=O)c1ccc2c(=O)n(-c3ccc(Cl)cc3)c(N3CCCC3)nc2c1. The van der Waals surface area contributed by atoms with Crippen LogP contribution in [0.4, 0.5) is 5.95 Å². The maximum atomic E-state index is 13.3. The molecule has 2 aromatic carbocycles. The van der Waals surface area contributed by atoms with Crippen molar-refractivity contribution in [3.8, 4) is 5.69 Å². The zero-order chi connectivity index (χ0) is 19.0. The van der Waals surface area contributed by atoms with Crippen LogP contribution in [0.25, 0.3) is 16.6 Å². The lowest BCUT2D eigenvalue weighted by atomic mass is 10.1. The van der Waals surface area contributed by atoms with Gasteiger partial charge in [0.05, 0.1) is 29.3 Å². The second-order valence-electron chi connectivity index (χ2n) is 6.45. The van der Waals surface area contributed by atoms with Gasteiger partial charge in [-0.15, -0.1) is 0 Å². The van der Waals surface area contributed by atoms with Crippen LogP contribution in [0.1, 0.15) is 23.2 Å². The lowest BCUT2D eigenvalue weighted by molar-refractivity contribution is 0.0601. The number of esters is 1. The molecule has 0 N–H and O–H groups in total. The number of rotatable bonds is 3. The van der Waals surface area contributed by atoms with Gasteiger partial charge >= 0.3 is 5.97 Å². The second kappa shape index (κ2) is 7.04. The summed E-state index contributed by atoms with van der Waals surface area (Å²) in [5, 5.41) is 1.05. The predicted octanol–water partition coefficient (Wildman–Crippen LogP) is 3.43. The van der Waals surface area contributed by atoms with Gasteiger partial charge in [0.15, 0.2) is 0 Å². The number of methoxy groups -OCH3 is 1. The summed E-state index contributed by atoms with van der Waals surface area (Å²) < 4.78 is 6.39. The Morgan fingerprint density at radius 3 is 2.48 bits per heavy atom. The average Bonchev–Trinajstić information content (AvgIpc) is 3.22. The van der Waals surface area contributed by atoms with E-state index in [2.05, 4.69) is 4.90 Å². The molecule has 2 heterocycles. The summed E-state index contributed by atoms with van der Waals surface area (Å²) >= 11 is 6.00. The van der Waals surface area contributed by atoms with Crippen molar-refractivity contribution < 1.29 is 9.53 Å². The van der Waals surface area contributed by atoms with Crippen LogP contribution < -0.4 is 10.5 Å². The third-order valence-electron chi connectivity index (χ3n) is 4.75. The van der Waals surface area contributed by atoms with Gasteiger partial charge in [-0.3, -0.25) is 4.79 Å². The number of anilines is 1. The van der Waals surface area contributed by atoms with Crippen molar-refractivity contribution in [1.29, 1.82) is 0 Å². The predicted molar refractivity (Wildman–Crippen MR) is 105 cm³/mol. The van der Waals surface area contributed by atoms with Crippen LogP contribution in [-0.4, -0.2) is 35.7 Å². The number of ether oxygens (including phenoxy) is 1. The molecule has 1 saturated heterocycles. The number of aromatic nitrogens is 2. The molecule has 1 aromatic heterocycles. The first-order chi connectivity index (χ1) is 13.1. The van der Waals surface area contributed by atoms with Crippen molar-refractivity contribution in [1.82, 2.24) is 9.55 Å². The Kier molecular flexibility index (Phi) is 4.58. The lowest BCUT2D eigenvalue weighted by Crippen LogP contribution is -2.30. The van der Waals surface area contributed by atoms with E-state index >= 15 is 0 Å². The molecule has 0 bridgehead atoms. The van der Waals surface area contributed by atoms with E-state index in [1.807, 2.05) is 0 Å². The minimum atomic E-state index is -0.455. The monoisotopic (exact) mass is 383 g/mol. The number of fused-ring (bicyclic) bond motifs is 1. The minimum Gasteiger partial charge on any atom is -0.465 e. The zero-order valence-corrected chi connectivity index (χ0v) is 15.6. The Morgan fingerprint density at radius 2 is 1.81 bits per heavy atom. The van der Waals surface area contributed by atoms with Crippen molar-refractivity contribution >= 4 is 34.4 Å². The average molecular weight is 384 g/mol. The smallest absolute Gasteiger partial charge is 0.337 e. The Labute approximate surface area is 161 Å². The second-order valence-corrected chi connectivity index (χ2v) is 6.88. The van der Waals surface area contributed by atoms with E-state index in [1.165, 1.54) is 7.11 Å². The van der Waals surface area contributed by atoms with Crippen LogP contribution in [0.2, 0.25) is 5.02 Å². The number of carbonyl (C=O) groups excluding carboxylic acids is 1. The molecule has 7 heteroatoms. The number of carbonyl (C=O) groups is 1. The fraction of sp³-hybridized carbons (Fsp3) is 0.250. The number of hydrogen-bond donors (Lipinski definition) is 0. The molecule has 0 spiro atoms. The number of halogens is 1. The summed E-state index contributed by atoms with van der Waals surface area (Å²) in [5.74, 6) is 0.123. The van der Waals surface area contributed by atoms with E-state index in [9.17, 15) is 9.59 Å². The van der Waals surface area contributed by atoms with Crippen LogP contribution in [0, 0.1) is 0 Å². The van der Waals surface area contributed by atoms with Crippen LogP contribution in [0.5, 0.6) is 0 Å². The molecule has 138 valence electrons. The maximum absolute atomic E-state index is 13.3. The van der Waals surface area contributed by atoms with Crippen LogP contribution in [0.3, 0.4) is 0 Å². The molecule has 27 heavy (non-hydrogen) atoms. The molecule has 6 nitrogen and oxygen atoms in total. The summed E-state index contributed by atoms with van der Waals surface area (Å²) in [4.78, 5) is 32.0. The highest BCUT2D eigenvalue weighted by atomic mass is 35.5. The molecule has 0 aliphatic carbocycles. The first-order valence-electron chi connectivity index (χ1n) is 8.74. The van der Waals surface area contributed by atoms with Gasteiger partial charge in [-0.2, -0.15) is 0 Å². The first-order valence-corrected chi connectivity index (χ1v) is 9.12. The topological polar surface area (TPSA) is 64.4 Å². The Bertz CT molecular complexity index is 1070. The Morgan fingerprint density at radius 1 is 1.11 bits per heavy atom. The van der Waals surface area contributed by atoms with E-state index in [0.29, 0.717) is 33.1 Å². The Balaban J connectivity index is 1.98. The van der Waals surface area contributed by atoms with Crippen LogP contribution >= 0.6 is 11.6 Å². The van der Waals surface area contributed by atoms with E-state index < -0.39 is 5.97 Å². The standard InChI is InChI=1S/C20H18ClN3O3/c1-27-19(26)13-4-9-16-17(12-13)22-20(23-10-2-3-11-23)24(18(16)25)15-7-5-14(21)6-8-15/h4-9,12H,2-3,10-11H2,1H3. The highest BCUT2D eigenvalue weighted by Crippen LogP contribution is 2.24. The molecule has 0 atom stereocenters. The maximum Gasteiger partial charge on any atom is 0.337 e. The molecule has 0 radical (unpaired) electrons. The molecule has 1 fully saturated rings. The van der Waals surface area contributed by atoms with Crippen molar-refractivity contribution in [2.45, 2.75) is 12.8 Å². The number of nitrogens with zero attached hydrogens (tertiary/aromatic N) is 3. The van der Waals surface area contributed by atoms with Gasteiger partial charge in [0, 0.05) is 18.1 Å². The van der Waals surface area contributed by atoms with E-state index in [4.69, 9.17) is 21.3 Å². The lowest BCUT2D eigenvalue weighted by Gasteiger charge is -2.22. The highest BCUT2D eigenvalue weighted by molar-refractivity contribution is 6.30. The fourth-order valence-electron chi connectivity index (χ4n) is 3.37. The minimum absolute atomic E-state index is 0.180. The molecule has 0 amide bonds. The largest absolute Gasteiger partial charge is 0.465 e. The molecular weight excluding hydrogens is 366 g/mol. The van der Waals surface area contributed by atoms with Crippen LogP contribution in [0.15, 0.2) is 47.3 Å². The molecule has 0 saturated carbocycles. The third-order valence-corrected chi connectivity index (χ3v) is 5.00. The van der Waals surface area contributed by atoms with Crippen LogP contribution in [-0.2, 0) is 4.74 Å². The molecule has 0 unspecified atom stereocenters. The molecule has 4 rings (SSSR count). The summed E-state index contributed by atoms with van der Waals surface area (Å²) in [6.45, 7) is 1.67. The van der Waals surface area contributed by atoms with Gasteiger partial charge in [-0.05, 0) is 55.3 Å². The first kappa shape index (κ1) is 17.5. The van der Waals surface area contributed by atoms with Crippen molar-refractivity contribution in [3.05, 3.63) is 63.4 Å². The molecule has 1 aliphatic rings. The summed E-state index contributed by atoms with van der Waals surface area (Å²) in [7, 11) is 1.33. The van der Waals surface area contributed by atoms with Gasteiger partial charge in [-0.25, -0.2) is 14.3 Å². The summed E-state index contributed by atoms with van der Waals surface area (Å²) in [6.07, 6.45) is 2.10. The summed E-state index contributed by atoms with van der Waals surface area (Å²) in [6, 6.07) is 11.9. The van der Waals surface area contributed by atoms with E-state index in [-0.39, 0.29) is 5.56 Å². The van der Waals surface area contributed by atoms with Gasteiger partial charge in [0.1, 0.15) is 0 Å². The highest BCUT2D eigenvalue weighted by Gasteiger charge is 2.21. The van der Waals surface area contributed by atoms with Gasteiger partial charge in [-0.1, -0.05) is 11.6 Å². The van der Waals surface area contributed by atoms with Crippen molar-refractivity contribution in [2.75, 3.05) is 25.1 Å². The quantitative estimate of drug-likeness (QED) is 0.648. The molecule has 1 aliphatic heterocycles. The summed E-state index contributed by atoms with van der Waals surface area (Å²) in [5.41, 5.74) is 1.38. The van der Waals surface area contributed by atoms with Crippen molar-refractivity contribution in [2.24, 2.45) is 0 Å². The van der Waals surface area contributed by atoms with Crippen molar-refractivity contribution in [3.63, 3.8) is 0 Å². The molecule has 3 aromatic rings. The van der Waals surface area contributed by atoms with E-state index in [1.54, 1.807) is 47.0 Å². The number of hydrogen-bond acceptors (Lipinski definition) is 5. The van der Waals surface area contributed by atoms with Gasteiger partial charge in [0.2, 0.25) is 5.95 Å². The third kappa shape index (κ3) is 3.17. The normalized spacial score (nSPS) is 13.9. The number of benzene rings is 2. The van der Waals surface area contributed by atoms with Gasteiger partial charge < -0.3 is 9.64 Å². The van der Waals surface area contributed by atoms with E-state index in [0.717, 1.165) is 25.9 Å². The zero-order valence-electron chi connectivity index (χ0n) is 14.8. The molecular formula is C20H18ClN3O3. The fourth-order valence-corrected chi connectivity index (χ4v) is 3.50. The Hall–Kier alpha value is -2.86. The van der Waals surface area contributed by atoms with Gasteiger partial charge in [0.25, 0.3) is 5.56 Å².